The Balaban J connectivity index is 1.62. The van der Waals surface area contributed by atoms with Crippen LogP contribution in [0, 0.1) is 5.82 Å². The number of hydrogen-bond acceptors (Lipinski definition) is 3. The number of likely N-dealkylation sites (tertiary alicyclic amines) is 1. The molecule has 1 unspecified atom stereocenters. The number of benzene rings is 1. The molecule has 4 heteroatoms. The van der Waals surface area contributed by atoms with Gasteiger partial charge in [-0.15, -0.1) is 0 Å². The van der Waals surface area contributed by atoms with Gasteiger partial charge in [0.1, 0.15) is 0 Å². The molecule has 0 amide bonds. The number of rotatable bonds is 6. The maximum atomic E-state index is 13.2. The van der Waals surface area contributed by atoms with Crippen molar-refractivity contribution in [3.63, 3.8) is 0 Å². The smallest absolute Gasteiger partial charge is 0.165 e. The number of phenolic OH excluding ortho intramolecular Hbond substituents is 1. The molecular weight excluding hydrogens is 255 g/mol. The third-order valence-corrected chi connectivity index (χ3v) is 4.08. The zero-order valence-electron chi connectivity index (χ0n) is 12.2. The van der Waals surface area contributed by atoms with Gasteiger partial charge in [0, 0.05) is 12.6 Å². The van der Waals surface area contributed by atoms with Gasteiger partial charge in [0.2, 0.25) is 0 Å². The number of piperidine rings is 1. The third kappa shape index (κ3) is 4.46. The van der Waals surface area contributed by atoms with Crippen molar-refractivity contribution in [1.82, 2.24) is 10.2 Å². The van der Waals surface area contributed by atoms with Gasteiger partial charge in [0.25, 0.3) is 0 Å². The Hall–Kier alpha value is -1.13. The number of nitrogens with one attached hydrogen (secondary N) is 1. The summed E-state index contributed by atoms with van der Waals surface area (Å²) in [5.74, 6) is -0.834. The molecule has 3 nitrogen and oxygen atoms in total. The van der Waals surface area contributed by atoms with E-state index < -0.39 is 5.82 Å². The van der Waals surface area contributed by atoms with Crippen LogP contribution in [0.4, 0.5) is 4.39 Å². The van der Waals surface area contributed by atoms with Crippen molar-refractivity contribution in [2.75, 3.05) is 19.6 Å². The van der Waals surface area contributed by atoms with E-state index in [2.05, 4.69) is 17.1 Å². The molecule has 1 heterocycles. The molecule has 1 atom stereocenters. The number of hydrogen-bond donors (Lipinski definition) is 2. The first-order valence-corrected chi connectivity index (χ1v) is 7.59. The molecule has 1 aromatic carbocycles. The lowest BCUT2D eigenvalue weighted by Crippen LogP contribution is -2.38. The molecule has 1 saturated heterocycles. The zero-order chi connectivity index (χ0) is 14.4. The van der Waals surface area contributed by atoms with Crippen molar-refractivity contribution >= 4 is 0 Å². The third-order valence-electron chi connectivity index (χ3n) is 4.08. The standard InChI is InChI=1S/C16H25FN2O/c1-13-5-2-3-9-19(13)10-4-8-18-12-14-6-7-16(20)15(17)11-14/h6-7,11,13,18,20H,2-5,8-10,12H2,1H3. The summed E-state index contributed by atoms with van der Waals surface area (Å²) in [5, 5.41) is 12.4. The lowest BCUT2D eigenvalue weighted by atomic mass is 10.0. The van der Waals surface area contributed by atoms with E-state index in [9.17, 15) is 4.39 Å². The molecule has 0 bridgehead atoms. The van der Waals surface area contributed by atoms with Crippen molar-refractivity contribution in [1.29, 1.82) is 0 Å². The molecule has 20 heavy (non-hydrogen) atoms. The molecule has 2 N–H and O–H groups in total. The average molecular weight is 280 g/mol. The first-order chi connectivity index (χ1) is 9.66. The summed E-state index contributed by atoms with van der Waals surface area (Å²) in [5.41, 5.74) is 0.867. The Morgan fingerprint density at radius 1 is 1.40 bits per heavy atom. The quantitative estimate of drug-likeness (QED) is 0.787. The van der Waals surface area contributed by atoms with Crippen LogP contribution in [-0.2, 0) is 6.54 Å². The minimum Gasteiger partial charge on any atom is -0.505 e. The van der Waals surface area contributed by atoms with E-state index in [1.807, 2.05) is 0 Å². The molecule has 1 aliphatic heterocycles. The van der Waals surface area contributed by atoms with Gasteiger partial charge >= 0.3 is 0 Å². The van der Waals surface area contributed by atoms with Crippen molar-refractivity contribution in [2.24, 2.45) is 0 Å². The summed E-state index contributed by atoms with van der Waals surface area (Å²) in [6, 6.07) is 5.25. The molecular formula is C16H25FN2O. The van der Waals surface area contributed by atoms with E-state index in [0.29, 0.717) is 6.54 Å². The Labute approximate surface area is 120 Å². The van der Waals surface area contributed by atoms with E-state index in [-0.39, 0.29) is 5.75 Å². The van der Waals surface area contributed by atoms with Crippen LogP contribution in [0.1, 0.15) is 38.2 Å². The summed E-state index contributed by atoms with van der Waals surface area (Å²) in [6.07, 6.45) is 5.12. The fourth-order valence-electron chi connectivity index (χ4n) is 2.79. The SMILES string of the molecule is CC1CCCCN1CCCNCc1ccc(O)c(F)c1. The Morgan fingerprint density at radius 3 is 3.00 bits per heavy atom. The summed E-state index contributed by atoms with van der Waals surface area (Å²) in [6.45, 7) is 6.26. The zero-order valence-corrected chi connectivity index (χ0v) is 12.2. The van der Waals surface area contributed by atoms with Gasteiger partial charge < -0.3 is 15.3 Å². The second-order valence-electron chi connectivity index (χ2n) is 5.70. The van der Waals surface area contributed by atoms with E-state index in [0.717, 1.165) is 31.1 Å². The normalized spacial score (nSPS) is 20.2. The van der Waals surface area contributed by atoms with Crippen LogP contribution in [0.2, 0.25) is 0 Å². The molecule has 0 spiro atoms. The maximum Gasteiger partial charge on any atom is 0.165 e. The van der Waals surface area contributed by atoms with Crippen molar-refractivity contribution < 1.29 is 9.50 Å². The number of nitrogens with zero attached hydrogens (tertiary/aromatic N) is 1. The van der Waals surface area contributed by atoms with Gasteiger partial charge in [-0.1, -0.05) is 12.5 Å². The fraction of sp³-hybridized carbons (Fsp3) is 0.625. The highest BCUT2D eigenvalue weighted by Gasteiger charge is 2.16. The van der Waals surface area contributed by atoms with Gasteiger partial charge in [-0.05, 0) is 63.5 Å². The average Bonchev–Trinajstić information content (AvgIpc) is 2.44. The molecule has 1 aromatic rings. The fourth-order valence-corrected chi connectivity index (χ4v) is 2.79. The van der Waals surface area contributed by atoms with Crippen molar-refractivity contribution in [2.45, 2.75) is 45.2 Å². The Morgan fingerprint density at radius 2 is 2.25 bits per heavy atom. The van der Waals surface area contributed by atoms with E-state index in [4.69, 9.17) is 5.11 Å². The first kappa shape index (κ1) is 15.3. The summed E-state index contributed by atoms with van der Waals surface area (Å²) < 4.78 is 13.2. The van der Waals surface area contributed by atoms with Crippen molar-refractivity contribution in [3.05, 3.63) is 29.6 Å². The Kier molecular flexibility index (Phi) is 5.80. The van der Waals surface area contributed by atoms with Crippen LogP contribution in [0.15, 0.2) is 18.2 Å². The second-order valence-corrected chi connectivity index (χ2v) is 5.70. The second kappa shape index (κ2) is 7.60. The highest BCUT2D eigenvalue weighted by atomic mass is 19.1. The molecule has 0 radical (unpaired) electrons. The molecule has 0 aliphatic carbocycles. The van der Waals surface area contributed by atoms with Crippen LogP contribution in [0.3, 0.4) is 0 Å². The predicted octanol–water partition coefficient (Wildman–Crippen LogP) is 2.89. The molecule has 2 rings (SSSR count). The minimum atomic E-state index is -0.550. The number of halogens is 1. The largest absolute Gasteiger partial charge is 0.505 e. The van der Waals surface area contributed by atoms with Gasteiger partial charge in [0.15, 0.2) is 11.6 Å². The predicted molar refractivity (Wildman–Crippen MR) is 79.3 cm³/mol. The molecule has 1 aliphatic rings. The van der Waals surface area contributed by atoms with Crippen molar-refractivity contribution in [3.8, 4) is 5.75 Å². The van der Waals surface area contributed by atoms with E-state index >= 15 is 0 Å². The summed E-state index contributed by atoms with van der Waals surface area (Å²) in [4.78, 5) is 2.56. The lowest BCUT2D eigenvalue weighted by molar-refractivity contribution is 0.159. The number of aromatic hydroxyl groups is 1. The maximum absolute atomic E-state index is 13.2. The van der Waals surface area contributed by atoms with Gasteiger partial charge in [0.05, 0.1) is 0 Å². The van der Waals surface area contributed by atoms with Crippen LogP contribution in [0.5, 0.6) is 5.75 Å². The highest BCUT2D eigenvalue weighted by Crippen LogP contribution is 2.17. The lowest BCUT2D eigenvalue weighted by Gasteiger charge is -2.33. The Bertz CT molecular complexity index is 425. The first-order valence-electron chi connectivity index (χ1n) is 7.59. The van der Waals surface area contributed by atoms with Gasteiger partial charge in [-0.3, -0.25) is 0 Å². The molecule has 0 aromatic heterocycles. The highest BCUT2D eigenvalue weighted by molar-refractivity contribution is 5.27. The minimum absolute atomic E-state index is 0.284. The van der Waals surface area contributed by atoms with Crippen LogP contribution in [-0.4, -0.2) is 35.7 Å². The monoisotopic (exact) mass is 280 g/mol. The van der Waals surface area contributed by atoms with Gasteiger partial charge in [-0.25, -0.2) is 4.39 Å². The topological polar surface area (TPSA) is 35.5 Å². The molecule has 0 saturated carbocycles. The van der Waals surface area contributed by atoms with Crippen LogP contribution < -0.4 is 5.32 Å². The summed E-state index contributed by atoms with van der Waals surface area (Å²) >= 11 is 0. The van der Waals surface area contributed by atoms with Crippen LogP contribution in [0.25, 0.3) is 0 Å². The summed E-state index contributed by atoms with van der Waals surface area (Å²) in [7, 11) is 0. The van der Waals surface area contributed by atoms with E-state index in [1.165, 1.54) is 37.9 Å². The molecule has 112 valence electrons. The van der Waals surface area contributed by atoms with Gasteiger partial charge in [-0.2, -0.15) is 0 Å². The molecule has 1 fully saturated rings. The number of phenols is 1. The van der Waals surface area contributed by atoms with Crippen LogP contribution >= 0.6 is 0 Å². The van der Waals surface area contributed by atoms with E-state index in [1.54, 1.807) is 6.07 Å².